The number of amides is 1. The molecule has 12 heavy (non-hydrogen) atoms. The van der Waals surface area contributed by atoms with Gasteiger partial charge in [-0.2, -0.15) is 0 Å². The Balaban J connectivity index is 2.71. The van der Waals surface area contributed by atoms with Crippen molar-refractivity contribution < 1.29 is 9.90 Å². The summed E-state index contributed by atoms with van der Waals surface area (Å²) in [6, 6.07) is 0. The summed E-state index contributed by atoms with van der Waals surface area (Å²) in [7, 11) is 0. The highest BCUT2D eigenvalue weighted by atomic mass is 16.3. The van der Waals surface area contributed by atoms with E-state index in [0.717, 1.165) is 12.8 Å². The van der Waals surface area contributed by atoms with Gasteiger partial charge in [-0.05, 0) is 25.7 Å². The van der Waals surface area contributed by atoms with Gasteiger partial charge in [-0.15, -0.1) is 0 Å². The zero-order valence-corrected chi connectivity index (χ0v) is 7.12. The number of nitrogens with two attached hydrogens (primary N) is 1. The van der Waals surface area contributed by atoms with Crippen molar-refractivity contribution in [3.8, 4) is 0 Å². The van der Waals surface area contributed by atoms with Crippen LogP contribution in [0.15, 0.2) is 12.2 Å². The zero-order chi connectivity index (χ0) is 9.03. The van der Waals surface area contributed by atoms with Gasteiger partial charge in [-0.1, -0.05) is 12.2 Å². The fourth-order valence-corrected chi connectivity index (χ4v) is 1.68. The maximum absolute atomic E-state index is 11.1. The van der Waals surface area contributed by atoms with E-state index in [1.165, 1.54) is 0 Å². The van der Waals surface area contributed by atoms with Crippen LogP contribution in [0.5, 0.6) is 0 Å². The summed E-state index contributed by atoms with van der Waals surface area (Å²) in [5.41, 5.74) is 4.84. The van der Waals surface area contributed by atoms with Gasteiger partial charge in [-0.3, -0.25) is 4.79 Å². The van der Waals surface area contributed by atoms with Crippen LogP contribution < -0.4 is 5.73 Å². The van der Waals surface area contributed by atoms with E-state index in [1.807, 2.05) is 6.08 Å². The predicted octanol–water partition coefficient (Wildman–Crippen LogP) is 0.581. The van der Waals surface area contributed by atoms with Crippen molar-refractivity contribution in [2.24, 2.45) is 11.1 Å². The maximum Gasteiger partial charge on any atom is 0.224 e. The zero-order valence-electron chi connectivity index (χ0n) is 7.12. The summed E-state index contributed by atoms with van der Waals surface area (Å²) in [4.78, 5) is 11.1. The van der Waals surface area contributed by atoms with Gasteiger partial charge in [0.2, 0.25) is 5.91 Å². The van der Waals surface area contributed by atoms with Crippen LogP contribution in [-0.2, 0) is 4.79 Å². The first-order valence-corrected chi connectivity index (χ1v) is 4.27. The highest BCUT2D eigenvalue weighted by Crippen LogP contribution is 2.35. The molecule has 68 valence electrons. The first-order valence-electron chi connectivity index (χ1n) is 4.27. The number of carbonyl (C=O) groups is 1. The fraction of sp³-hybridized carbons (Fsp3) is 0.667. The van der Waals surface area contributed by atoms with Crippen LogP contribution in [0, 0.1) is 5.41 Å². The van der Waals surface area contributed by atoms with Crippen molar-refractivity contribution in [2.75, 3.05) is 6.61 Å². The molecule has 0 spiro atoms. The van der Waals surface area contributed by atoms with Crippen LogP contribution in [0.25, 0.3) is 0 Å². The first-order chi connectivity index (χ1) is 5.71. The minimum atomic E-state index is -0.469. The Bertz CT molecular complexity index is 201. The Kier molecular flexibility index (Phi) is 2.87. The summed E-state index contributed by atoms with van der Waals surface area (Å²) < 4.78 is 0. The van der Waals surface area contributed by atoms with Gasteiger partial charge in [0.05, 0.1) is 5.41 Å². The summed E-state index contributed by atoms with van der Waals surface area (Å²) in [5, 5.41) is 8.80. The van der Waals surface area contributed by atoms with Gasteiger partial charge in [0.15, 0.2) is 0 Å². The average Bonchev–Trinajstić information content (AvgIpc) is 2.06. The summed E-state index contributed by atoms with van der Waals surface area (Å²) in [6.07, 6.45) is 6.88. The van der Waals surface area contributed by atoms with E-state index in [2.05, 4.69) is 6.08 Å². The highest BCUT2D eigenvalue weighted by molar-refractivity contribution is 5.81. The highest BCUT2D eigenvalue weighted by Gasteiger charge is 2.35. The number of aliphatic hydroxyl groups excluding tert-OH is 1. The molecule has 1 rings (SSSR count). The average molecular weight is 169 g/mol. The Morgan fingerprint density at radius 1 is 1.58 bits per heavy atom. The van der Waals surface area contributed by atoms with Gasteiger partial charge in [0.25, 0.3) is 0 Å². The number of aliphatic hydroxyl groups is 1. The van der Waals surface area contributed by atoms with Crippen LogP contribution in [0.1, 0.15) is 25.7 Å². The molecule has 0 heterocycles. The van der Waals surface area contributed by atoms with E-state index in [4.69, 9.17) is 10.8 Å². The van der Waals surface area contributed by atoms with Crippen LogP contribution in [-0.4, -0.2) is 17.6 Å². The monoisotopic (exact) mass is 169 g/mol. The summed E-state index contributed by atoms with van der Waals surface area (Å²) >= 11 is 0. The standard InChI is InChI=1S/C9H15NO2/c10-8(12)9(6-7-11)4-2-1-3-5-9/h1-2,11H,3-7H2,(H2,10,12)/t9-/m0/s1. The SMILES string of the molecule is NC(=O)[C@@]1(CCO)CC=CCC1. The van der Waals surface area contributed by atoms with Crippen LogP contribution in [0.3, 0.4) is 0 Å². The molecule has 1 aliphatic rings. The Labute approximate surface area is 72.3 Å². The quantitative estimate of drug-likeness (QED) is 0.607. The van der Waals surface area contributed by atoms with Crippen molar-refractivity contribution in [1.82, 2.24) is 0 Å². The second-order valence-electron chi connectivity index (χ2n) is 3.33. The molecule has 0 aliphatic heterocycles. The number of hydrogen-bond acceptors (Lipinski definition) is 2. The molecule has 0 fully saturated rings. The smallest absolute Gasteiger partial charge is 0.224 e. The van der Waals surface area contributed by atoms with Gasteiger partial charge < -0.3 is 10.8 Å². The molecular formula is C9H15NO2. The normalized spacial score (nSPS) is 28.8. The van der Waals surface area contributed by atoms with E-state index in [1.54, 1.807) is 0 Å². The third-order valence-corrected chi connectivity index (χ3v) is 2.58. The van der Waals surface area contributed by atoms with Crippen molar-refractivity contribution in [3.63, 3.8) is 0 Å². The molecule has 0 unspecified atom stereocenters. The molecular weight excluding hydrogens is 154 g/mol. The molecule has 3 nitrogen and oxygen atoms in total. The van der Waals surface area contributed by atoms with E-state index >= 15 is 0 Å². The minimum absolute atomic E-state index is 0.0385. The molecule has 1 atom stereocenters. The van der Waals surface area contributed by atoms with E-state index in [9.17, 15) is 4.79 Å². The van der Waals surface area contributed by atoms with Crippen molar-refractivity contribution in [2.45, 2.75) is 25.7 Å². The Morgan fingerprint density at radius 3 is 2.75 bits per heavy atom. The maximum atomic E-state index is 11.1. The fourth-order valence-electron chi connectivity index (χ4n) is 1.68. The number of rotatable bonds is 3. The van der Waals surface area contributed by atoms with Gasteiger partial charge in [-0.25, -0.2) is 0 Å². The van der Waals surface area contributed by atoms with Gasteiger partial charge in [0.1, 0.15) is 0 Å². The van der Waals surface area contributed by atoms with Crippen molar-refractivity contribution in [1.29, 1.82) is 0 Å². The molecule has 0 saturated carbocycles. The molecule has 0 aromatic carbocycles. The molecule has 0 radical (unpaired) electrons. The number of carbonyl (C=O) groups excluding carboxylic acids is 1. The predicted molar refractivity (Wildman–Crippen MR) is 46.3 cm³/mol. The van der Waals surface area contributed by atoms with E-state index < -0.39 is 5.41 Å². The largest absolute Gasteiger partial charge is 0.396 e. The summed E-state index contributed by atoms with van der Waals surface area (Å²) in [5.74, 6) is -0.277. The molecule has 3 N–H and O–H groups in total. The minimum Gasteiger partial charge on any atom is -0.396 e. The lowest BCUT2D eigenvalue weighted by Gasteiger charge is -2.30. The van der Waals surface area contributed by atoms with Gasteiger partial charge in [0, 0.05) is 6.61 Å². The summed E-state index contributed by atoms with van der Waals surface area (Å²) in [6.45, 7) is 0.0385. The van der Waals surface area contributed by atoms with Crippen molar-refractivity contribution in [3.05, 3.63) is 12.2 Å². The number of hydrogen-bond donors (Lipinski definition) is 2. The molecule has 0 saturated heterocycles. The first kappa shape index (κ1) is 9.26. The molecule has 0 aromatic rings. The lowest BCUT2D eigenvalue weighted by atomic mass is 9.74. The van der Waals surface area contributed by atoms with Crippen molar-refractivity contribution >= 4 is 5.91 Å². The Morgan fingerprint density at radius 2 is 2.33 bits per heavy atom. The molecule has 0 aromatic heterocycles. The van der Waals surface area contributed by atoms with Gasteiger partial charge >= 0.3 is 0 Å². The third kappa shape index (κ3) is 1.67. The molecule has 1 aliphatic carbocycles. The van der Waals surface area contributed by atoms with Crippen LogP contribution >= 0.6 is 0 Å². The van der Waals surface area contributed by atoms with Crippen LogP contribution in [0.4, 0.5) is 0 Å². The number of primary amides is 1. The topological polar surface area (TPSA) is 63.3 Å². The third-order valence-electron chi connectivity index (χ3n) is 2.58. The van der Waals surface area contributed by atoms with E-state index in [0.29, 0.717) is 12.8 Å². The second-order valence-corrected chi connectivity index (χ2v) is 3.33. The van der Waals surface area contributed by atoms with Crippen LogP contribution in [0.2, 0.25) is 0 Å². The Hall–Kier alpha value is -0.830. The molecule has 3 heteroatoms. The lowest BCUT2D eigenvalue weighted by Crippen LogP contribution is -2.38. The lowest BCUT2D eigenvalue weighted by molar-refractivity contribution is -0.129. The second kappa shape index (κ2) is 3.72. The molecule has 1 amide bonds. The van der Waals surface area contributed by atoms with E-state index in [-0.39, 0.29) is 12.5 Å². The molecule has 0 bridgehead atoms. The number of allylic oxidation sites excluding steroid dienone is 2.